The Bertz CT molecular complexity index is 503. The lowest BCUT2D eigenvalue weighted by Crippen LogP contribution is -2.36. The van der Waals surface area contributed by atoms with Gasteiger partial charge in [0.2, 0.25) is 5.91 Å². The Hall–Kier alpha value is -1.40. The molecule has 0 saturated carbocycles. The lowest BCUT2D eigenvalue weighted by Gasteiger charge is -2.24. The molecule has 0 fully saturated rings. The van der Waals surface area contributed by atoms with Crippen LogP contribution in [0.4, 0.5) is 17.1 Å². The molecule has 1 atom stereocenters. The molecule has 0 spiro atoms. The van der Waals surface area contributed by atoms with Crippen molar-refractivity contribution in [3.63, 3.8) is 0 Å². The molecule has 0 saturated heterocycles. The minimum atomic E-state index is -0.798. The average Bonchev–Trinajstić information content (AvgIpc) is 2.65. The molecule has 1 amide bonds. The molecule has 1 unspecified atom stereocenters. The molecule has 5 N–H and O–H groups in total. The van der Waals surface area contributed by atoms with E-state index in [1.165, 1.54) is 0 Å². The lowest BCUT2D eigenvalue weighted by atomic mass is 10.1. The maximum absolute atomic E-state index is 11.3. The van der Waals surface area contributed by atoms with Gasteiger partial charge in [-0.15, -0.1) is 0 Å². The highest BCUT2D eigenvalue weighted by Crippen LogP contribution is 2.31. The molecule has 6 heteroatoms. The van der Waals surface area contributed by atoms with Crippen LogP contribution in [-0.4, -0.2) is 35.2 Å². The number of amides is 1. The number of hydrogen-bond donors (Lipinski definition) is 4. The molecule has 5 nitrogen and oxygen atoms in total. The fraction of sp³-hybridized carbons (Fsp3) is 0.462. The van der Waals surface area contributed by atoms with E-state index in [1.807, 2.05) is 12.3 Å². The first-order chi connectivity index (χ1) is 8.91. The number of benzene rings is 1. The SMILES string of the molecule is CSCC(C)(O)CNc1cc2c(cc1N)CC(=O)N2. The van der Waals surface area contributed by atoms with E-state index in [0.29, 0.717) is 24.4 Å². The van der Waals surface area contributed by atoms with Crippen molar-refractivity contribution in [1.82, 2.24) is 0 Å². The molecular weight excluding hydrogens is 262 g/mol. The van der Waals surface area contributed by atoms with Gasteiger partial charge in [0, 0.05) is 18.0 Å². The second kappa shape index (κ2) is 5.30. The van der Waals surface area contributed by atoms with Gasteiger partial charge in [-0.1, -0.05) is 0 Å². The topological polar surface area (TPSA) is 87.4 Å². The van der Waals surface area contributed by atoms with Crippen molar-refractivity contribution in [2.75, 3.05) is 34.9 Å². The largest absolute Gasteiger partial charge is 0.397 e. The molecule has 1 aromatic carbocycles. The van der Waals surface area contributed by atoms with E-state index in [0.717, 1.165) is 16.9 Å². The third-order valence-electron chi connectivity index (χ3n) is 3.02. The maximum atomic E-state index is 11.3. The van der Waals surface area contributed by atoms with Crippen molar-refractivity contribution < 1.29 is 9.90 Å². The number of hydrogen-bond acceptors (Lipinski definition) is 5. The summed E-state index contributed by atoms with van der Waals surface area (Å²) in [6.45, 7) is 2.19. The number of rotatable bonds is 5. The number of thioether (sulfide) groups is 1. The summed E-state index contributed by atoms with van der Waals surface area (Å²) in [5, 5.41) is 16.0. The van der Waals surface area contributed by atoms with E-state index in [2.05, 4.69) is 10.6 Å². The van der Waals surface area contributed by atoms with Crippen LogP contribution >= 0.6 is 11.8 Å². The van der Waals surface area contributed by atoms with Gasteiger partial charge in [-0.3, -0.25) is 4.79 Å². The highest BCUT2D eigenvalue weighted by molar-refractivity contribution is 7.98. The normalized spacial score (nSPS) is 16.7. The summed E-state index contributed by atoms with van der Waals surface area (Å²) < 4.78 is 0. The Morgan fingerprint density at radius 1 is 1.58 bits per heavy atom. The third kappa shape index (κ3) is 3.33. The smallest absolute Gasteiger partial charge is 0.228 e. The quantitative estimate of drug-likeness (QED) is 0.611. The Kier molecular flexibility index (Phi) is 3.91. The van der Waals surface area contributed by atoms with E-state index in [-0.39, 0.29) is 5.91 Å². The molecule has 2 rings (SSSR count). The molecule has 0 aromatic heterocycles. The fourth-order valence-corrected chi connectivity index (χ4v) is 2.82. The predicted molar refractivity (Wildman–Crippen MR) is 80.7 cm³/mol. The van der Waals surface area contributed by atoms with Crippen LogP contribution in [-0.2, 0) is 11.2 Å². The molecule has 1 aliphatic heterocycles. The summed E-state index contributed by atoms with van der Waals surface area (Å²) in [5.41, 5.74) is 8.21. The third-order valence-corrected chi connectivity index (χ3v) is 3.93. The Morgan fingerprint density at radius 3 is 3.00 bits per heavy atom. The van der Waals surface area contributed by atoms with Crippen molar-refractivity contribution in [1.29, 1.82) is 0 Å². The van der Waals surface area contributed by atoms with E-state index in [1.54, 1.807) is 24.8 Å². The van der Waals surface area contributed by atoms with E-state index in [4.69, 9.17) is 5.73 Å². The van der Waals surface area contributed by atoms with E-state index >= 15 is 0 Å². The number of anilines is 3. The van der Waals surface area contributed by atoms with Crippen LogP contribution in [0.25, 0.3) is 0 Å². The van der Waals surface area contributed by atoms with Crippen molar-refractivity contribution in [3.8, 4) is 0 Å². The second-order valence-corrected chi connectivity index (χ2v) is 5.97. The maximum Gasteiger partial charge on any atom is 0.228 e. The van der Waals surface area contributed by atoms with Crippen molar-refractivity contribution >= 4 is 34.7 Å². The minimum Gasteiger partial charge on any atom is -0.397 e. The number of nitrogen functional groups attached to an aromatic ring is 1. The van der Waals surface area contributed by atoms with Gasteiger partial charge in [0.15, 0.2) is 0 Å². The molecule has 19 heavy (non-hydrogen) atoms. The molecular formula is C13H19N3O2S. The molecule has 1 aromatic rings. The number of nitrogens with two attached hydrogens (primary N) is 1. The summed E-state index contributed by atoms with van der Waals surface area (Å²) in [5.74, 6) is 0.627. The van der Waals surface area contributed by atoms with Gasteiger partial charge in [0.1, 0.15) is 0 Å². The van der Waals surface area contributed by atoms with Gasteiger partial charge in [-0.25, -0.2) is 0 Å². The van der Waals surface area contributed by atoms with Crippen molar-refractivity contribution in [2.45, 2.75) is 18.9 Å². The molecule has 0 radical (unpaired) electrons. The van der Waals surface area contributed by atoms with Gasteiger partial charge in [0.05, 0.1) is 23.4 Å². The van der Waals surface area contributed by atoms with Gasteiger partial charge < -0.3 is 21.5 Å². The number of nitrogens with one attached hydrogen (secondary N) is 2. The lowest BCUT2D eigenvalue weighted by molar-refractivity contribution is -0.115. The van der Waals surface area contributed by atoms with E-state index in [9.17, 15) is 9.90 Å². The summed E-state index contributed by atoms with van der Waals surface area (Å²) in [4.78, 5) is 11.3. The van der Waals surface area contributed by atoms with Crippen LogP contribution in [0.5, 0.6) is 0 Å². The van der Waals surface area contributed by atoms with Gasteiger partial charge in [0.25, 0.3) is 0 Å². The molecule has 1 heterocycles. The molecule has 0 aliphatic carbocycles. The standard InChI is InChI=1S/C13H19N3O2S/c1-13(18,7-19-2)6-15-11-5-10-8(3-9(11)14)4-12(17)16-10/h3,5,15,18H,4,6-7,14H2,1-2H3,(H,16,17). The van der Waals surface area contributed by atoms with E-state index < -0.39 is 5.60 Å². The van der Waals surface area contributed by atoms with Crippen LogP contribution < -0.4 is 16.4 Å². The van der Waals surface area contributed by atoms with Crippen LogP contribution in [0.1, 0.15) is 12.5 Å². The first kappa shape index (κ1) is 14.0. The number of aliphatic hydroxyl groups is 1. The van der Waals surface area contributed by atoms with Crippen LogP contribution in [0, 0.1) is 0 Å². The zero-order valence-electron chi connectivity index (χ0n) is 11.1. The van der Waals surface area contributed by atoms with Crippen LogP contribution in [0.3, 0.4) is 0 Å². The minimum absolute atomic E-state index is 0.0130. The predicted octanol–water partition coefficient (Wildman–Crippen LogP) is 1.29. The van der Waals surface area contributed by atoms with Crippen LogP contribution in [0.2, 0.25) is 0 Å². The van der Waals surface area contributed by atoms with Gasteiger partial charge >= 0.3 is 0 Å². The summed E-state index contributed by atoms with van der Waals surface area (Å²) >= 11 is 1.59. The average molecular weight is 281 g/mol. The molecule has 0 bridgehead atoms. The Morgan fingerprint density at radius 2 is 2.32 bits per heavy atom. The molecule has 104 valence electrons. The molecule has 1 aliphatic rings. The second-order valence-electron chi connectivity index (χ2n) is 5.11. The Balaban J connectivity index is 2.10. The highest BCUT2D eigenvalue weighted by atomic mass is 32.2. The first-order valence-corrected chi connectivity index (χ1v) is 7.48. The van der Waals surface area contributed by atoms with Crippen molar-refractivity contribution in [3.05, 3.63) is 17.7 Å². The van der Waals surface area contributed by atoms with Gasteiger partial charge in [-0.2, -0.15) is 11.8 Å². The highest BCUT2D eigenvalue weighted by Gasteiger charge is 2.22. The number of carbonyl (C=O) groups excluding carboxylic acids is 1. The van der Waals surface area contributed by atoms with Crippen molar-refractivity contribution in [2.24, 2.45) is 0 Å². The van der Waals surface area contributed by atoms with Crippen LogP contribution in [0.15, 0.2) is 12.1 Å². The summed E-state index contributed by atoms with van der Waals surface area (Å²) in [7, 11) is 0. The fourth-order valence-electron chi connectivity index (χ4n) is 2.09. The summed E-state index contributed by atoms with van der Waals surface area (Å²) in [6.07, 6.45) is 2.33. The zero-order chi connectivity index (χ0) is 14.0. The summed E-state index contributed by atoms with van der Waals surface area (Å²) in [6, 6.07) is 3.63. The Labute approximate surface area is 116 Å². The zero-order valence-corrected chi connectivity index (χ0v) is 11.9. The monoisotopic (exact) mass is 281 g/mol. The number of fused-ring (bicyclic) bond motifs is 1. The first-order valence-electron chi connectivity index (χ1n) is 6.09. The van der Waals surface area contributed by atoms with Gasteiger partial charge in [-0.05, 0) is 30.9 Å². The number of carbonyl (C=O) groups is 1.